The van der Waals surface area contributed by atoms with Gasteiger partial charge in [-0.3, -0.25) is 4.98 Å². The first-order valence-electron chi connectivity index (χ1n) is 5.65. The Morgan fingerprint density at radius 1 is 1.44 bits per heavy atom. The van der Waals surface area contributed by atoms with Crippen molar-refractivity contribution in [2.45, 2.75) is 18.9 Å². The Hall–Kier alpha value is -1.66. The van der Waals surface area contributed by atoms with Crippen LogP contribution < -0.4 is 5.32 Å². The summed E-state index contributed by atoms with van der Waals surface area (Å²) in [4.78, 5) is 4.11. The Kier molecular flexibility index (Phi) is 2.23. The third-order valence-corrected chi connectivity index (χ3v) is 3.56. The van der Waals surface area contributed by atoms with Crippen LogP contribution in [0.4, 0.5) is 0 Å². The lowest BCUT2D eigenvalue weighted by Gasteiger charge is -2.41. The quantitative estimate of drug-likeness (QED) is 0.769. The maximum Gasteiger partial charge on any atom is 0.101 e. The first kappa shape index (κ1) is 9.56. The molecule has 0 aromatic carbocycles. The molecule has 16 heavy (non-hydrogen) atoms. The van der Waals surface area contributed by atoms with Gasteiger partial charge in [-0.1, -0.05) is 6.08 Å². The van der Waals surface area contributed by atoms with E-state index in [1.54, 1.807) is 6.20 Å². The fourth-order valence-electron chi connectivity index (χ4n) is 2.46. The van der Waals surface area contributed by atoms with E-state index in [9.17, 15) is 0 Å². The molecule has 1 aliphatic carbocycles. The van der Waals surface area contributed by atoms with Crippen molar-refractivity contribution in [3.63, 3.8) is 0 Å². The predicted molar refractivity (Wildman–Crippen MR) is 61.4 cm³/mol. The molecule has 2 atom stereocenters. The topological polar surface area (TPSA) is 48.7 Å². The largest absolute Gasteiger partial charge is 0.313 e. The lowest BCUT2D eigenvalue weighted by Crippen LogP contribution is -2.53. The molecule has 1 aliphatic heterocycles. The van der Waals surface area contributed by atoms with E-state index in [-0.39, 0.29) is 0 Å². The van der Waals surface area contributed by atoms with Gasteiger partial charge in [0.05, 0.1) is 5.56 Å². The van der Waals surface area contributed by atoms with E-state index in [1.165, 1.54) is 5.57 Å². The number of fused-ring (bicyclic) bond motifs is 1. The third-order valence-electron chi connectivity index (χ3n) is 3.56. The number of nitriles is 1. The Labute approximate surface area is 94.8 Å². The highest BCUT2D eigenvalue weighted by Crippen LogP contribution is 2.34. The van der Waals surface area contributed by atoms with E-state index < -0.39 is 0 Å². The highest BCUT2D eigenvalue weighted by atomic mass is 15.0. The molecule has 1 saturated heterocycles. The lowest BCUT2D eigenvalue weighted by molar-refractivity contribution is 0.231. The summed E-state index contributed by atoms with van der Waals surface area (Å²) in [6.45, 7) is 1.16. The smallest absolute Gasteiger partial charge is 0.101 e. The standard InChI is InChI=1S/C13H13N3/c14-5-9-3-12(7-15-6-9)10-1-2-11-8-16-13(11)4-10/h1,3,6-7,11,13,16H,2,4,8H2. The van der Waals surface area contributed by atoms with E-state index in [2.05, 4.69) is 22.4 Å². The molecule has 0 radical (unpaired) electrons. The first-order valence-corrected chi connectivity index (χ1v) is 5.65. The van der Waals surface area contributed by atoms with Crippen LogP contribution in [0, 0.1) is 17.2 Å². The SMILES string of the molecule is N#Cc1cncc(C2=CCC3CNC3C2)c1. The van der Waals surface area contributed by atoms with Crippen molar-refractivity contribution in [3.8, 4) is 6.07 Å². The van der Waals surface area contributed by atoms with E-state index >= 15 is 0 Å². The molecule has 1 N–H and O–H groups in total. The molecule has 80 valence electrons. The van der Waals surface area contributed by atoms with Crippen LogP contribution in [0.1, 0.15) is 24.0 Å². The van der Waals surface area contributed by atoms with Gasteiger partial charge in [-0.2, -0.15) is 5.26 Å². The van der Waals surface area contributed by atoms with Crippen molar-refractivity contribution in [2.75, 3.05) is 6.54 Å². The van der Waals surface area contributed by atoms with Gasteiger partial charge in [0.15, 0.2) is 0 Å². The number of aromatic nitrogens is 1. The second-order valence-corrected chi connectivity index (χ2v) is 4.52. The molecule has 2 heterocycles. The molecule has 0 spiro atoms. The minimum atomic E-state index is 0.641. The predicted octanol–water partition coefficient (Wildman–Crippen LogP) is 1.72. The number of hydrogen-bond acceptors (Lipinski definition) is 3. The van der Waals surface area contributed by atoms with Gasteiger partial charge in [-0.15, -0.1) is 0 Å². The maximum absolute atomic E-state index is 8.84. The number of pyridine rings is 1. The number of rotatable bonds is 1. The van der Waals surface area contributed by atoms with E-state index in [0.29, 0.717) is 11.6 Å². The minimum Gasteiger partial charge on any atom is -0.313 e. The molecule has 3 heteroatoms. The average Bonchev–Trinajstić information content (AvgIpc) is 2.31. The number of hydrogen-bond donors (Lipinski definition) is 1. The van der Waals surface area contributed by atoms with Crippen LogP contribution in [0.3, 0.4) is 0 Å². The summed E-state index contributed by atoms with van der Waals surface area (Å²) in [5, 5.41) is 12.3. The van der Waals surface area contributed by atoms with E-state index in [4.69, 9.17) is 5.26 Å². The van der Waals surface area contributed by atoms with Gasteiger partial charge < -0.3 is 5.32 Å². The molecular weight excluding hydrogens is 198 g/mol. The zero-order valence-corrected chi connectivity index (χ0v) is 8.98. The fourth-order valence-corrected chi connectivity index (χ4v) is 2.46. The molecule has 0 bridgehead atoms. The summed E-state index contributed by atoms with van der Waals surface area (Å²) in [5.74, 6) is 0.829. The summed E-state index contributed by atoms with van der Waals surface area (Å²) < 4.78 is 0. The molecule has 2 aliphatic rings. The second kappa shape index (κ2) is 3.73. The highest BCUT2D eigenvalue weighted by molar-refractivity contribution is 5.67. The van der Waals surface area contributed by atoms with Crippen LogP contribution in [0.2, 0.25) is 0 Å². The van der Waals surface area contributed by atoms with Crippen molar-refractivity contribution in [1.29, 1.82) is 5.26 Å². The number of allylic oxidation sites excluding steroid dienone is 1. The molecule has 3 nitrogen and oxygen atoms in total. The lowest BCUT2D eigenvalue weighted by atomic mass is 9.78. The molecule has 1 aromatic heterocycles. The molecule has 0 amide bonds. The number of nitrogens with zero attached hydrogens (tertiary/aromatic N) is 2. The van der Waals surface area contributed by atoms with Crippen LogP contribution in [0.15, 0.2) is 24.5 Å². The van der Waals surface area contributed by atoms with Gasteiger partial charge in [-0.05, 0) is 36.0 Å². The van der Waals surface area contributed by atoms with Crippen molar-refractivity contribution in [1.82, 2.24) is 10.3 Å². The molecule has 3 rings (SSSR count). The Bertz CT molecular complexity index is 484. The van der Waals surface area contributed by atoms with Gasteiger partial charge in [0.1, 0.15) is 6.07 Å². The van der Waals surface area contributed by atoms with Gasteiger partial charge in [0.25, 0.3) is 0 Å². The van der Waals surface area contributed by atoms with Crippen LogP contribution in [-0.2, 0) is 0 Å². The highest BCUT2D eigenvalue weighted by Gasteiger charge is 2.32. The third kappa shape index (κ3) is 1.52. The molecule has 1 fully saturated rings. The Morgan fingerprint density at radius 3 is 3.06 bits per heavy atom. The molecule has 2 unspecified atom stereocenters. The fraction of sp³-hybridized carbons (Fsp3) is 0.385. The van der Waals surface area contributed by atoms with Crippen LogP contribution in [0.5, 0.6) is 0 Å². The number of nitrogens with one attached hydrogen (secondary N) is 1. The normalized spacial score (nSPS) is 27.3. The molecular formula is C13H13N3. The minimum absolute atomic E-state index is 0.641. The Morgan fingerprint density at radius 2 is 2.38 bits per heavy atom. The summed E-state index contributed by atoms with van der Waals surface area (Å²) >= 11 is 0. The van der Waals surface area contributed by atoms with Crippen molar-refractivity contribution < 1.29 is 0 Å². The zero-order valence-electron chi connectivity index (χ0n) is 8.98. The molecule has 0 saturated carbocycles. The zero-order chi connectivity index (χ0) is 11.0. The van der Waals surface area contributed by atoms with E-state index in [1.807, 2.05) is 12.3 Å². The summed E-state index contributed by atoms with van der Waals surface area (Å²) in [7, 11) is 0. The van der Waals surface area contributed by atoms with Crippen molar-refractivity contribution >= 4 is 5.57 Å². The summed E-state index contributed by atoms with van der Waals surface area (Å²) in [6, 6.07) is 4.71. The van der Waals surface area contributed by atoms with Gasteiger partial charge in [-0.25, -0.2) is 0 Å². The second-order valence-electron chi connectivity index (χ2n) is 4.52. The van der Waals surface area contributed by atoms with Gasteiger partial charge in [0, 0.05) is 25.0 Å². The molecule has 1 aromatic rings. The van der Waals surface area contributed by atoms with Crippen molar-refractivity contribution in [3.05, 3.63) is 35.7 Å². The Balaban J connectivity index is 1.89. The van der Waals surface area contributed by atoms with Crippen LogP contribution in [-0.4, -0.2) is 17.6 Å². The van der Waals surface area contributed by atoms with Crippen LogP contribution >= 0.6 is 0 Å². The van der Waals surface area contributed by atoms with Gasteiger partial charge >= 0.3 is 0 Å². The maximum atomic E-state index is 8.84. The van der Waals surface area contributed by atoms with Gasteiger partial charge in [0.2, 0.25) is 0 Å². The summed E-state index contributed by atoms with van der Waals surface area (Å²) in [5.41, 5.74) is 3.08. The summed E-state index contributed by atoms with van der Waals surface area (Å²) in [6.07, 6.45) is 7.99. The first-order chi connectivity index (χ1) is 7.86. The monoisotopic (exact) mass is 211 g/mol. The average molecular weight is 211 g/mol. The van der Waals surface area contributed by atoms with E-state index in [0.717, 1.165) is 30.9 Å². The van der Waals surface area contributed by atoms with Crippen molar-refractivity contribution in [2.24, 2.45) is 5.92 Å². The van der Waals surface area contributed by atoms with Crippen LogP contribution in [0.25, 0.3) is 5.57 Å².